The first-order valence-corrected chi connectivity index (χ1v) is 10.2. The molecule has 0 aromatic heterocycles. The Kier molecular flexibility index (Phi) is 5.66. The fourth-order valence-corrected chi connectivity index (χ4v) is 3.84. The lowest BCUT2D eigenvalue weighted by molar-refractivity contribution is 0.110. The first kappa shape index (κ1) is 16.7. The van der Waals surface area contributed by atoms with E-state index in [0.717, 1.165) is 6.42 Å². The normalized spacial score (nSPS) is 28.7. The summed E-state index contributed by atoms with van der Waals surface area (Å²) in [5, 5.41) is 0. The Morgan fingerprint density at radius 1 is 1.42 bits per heavy atom. The van der Waals surface area contributed by atoms with Crippen LogP contribution in [-0.4, -0.2) is 20.0 Å². The molecule has 1 rings (SSSR count). The zero-order chi connectivity index (χ0) is 14.7. The summed E-state index contributed by atoms with van der Waals surface area (Å²) in [6.45, 7) is 14.8. The van der Waals surface area contributed by atoms with Gasteiger partial charge in [0.15, 0.2) is 9.04 Å². The zero-order valence-corrected chi connectivity index (χ0v) is 14.7. The van der Waals surface area contributed by atoms with Gasteiger partial charge in [0.05, 0.1) is 11.0 Å². The Morgan fingerprint density at radius 3 is 2.53 bits per heavy atom. The van der Waals surface area contributed by atoms with Crippen molar-refractivity contribution >= 4 is 20.6 Å². The second-order valence-corrected chi connectivity index (χ2v) is 9.53. The fourth-order valence-electron chi connectivity index (χ4n) is 2.58. The van der Waals surface area contributed by atoms with Gasteiger partial charge in [-0.1, -0.05) is 51.2 Å². The Morgan fingerprint density at radius 2 is 2.05 bits per heavy atom. The van der Waals surface area contributed by atoms with Crippen molar-refractivity contribution in [1.82, 2.24) is 0 Å². The van der Waals surface area contributed by atoms with Crippen LogP contribution in [0.4, 0.5) is 0 Å². The maximum absolute atomic E-state index is 6.99. The predicted molar refractivity (Wildman–Crippen MR) is 88.4 cm³/mol. The topological polar surface area (TPSA) is 9.23 Å². The highest BCUT2D eigenvalue weighted by molar-refractivity contribution is 6.48. The summed E-state index contributed by atoms with van der Waals surface area (Å²) in [7, 11) is -1.11. The minimum absolute atomic E-state index is 0.0260. The van der Waals surface area contributed by atoms with E-state index in [1.54, 1.807) is 0 Å². The van der Waals surface area contributed by atoms with Crippen molar-refractivity contribution in [2.45, 2.75) is 51.3 Å². The molecule has 19 heavy (non-hydrogen) atoms. The summed E-state index contributed by atoms with van der Waals surface area (Å²) >= 11 is 6.99. The van der Waals surface area contributed by atoms with Gasteiger partial charge in [-0.05, 0) is 24.9 Å². The lowest BCUT2D eigenvalue weighted by atomic mass is 9.68. The molecule has 3 heteroatoms. The lowest BCUT2D eigenvalue weighted by Gasteiger charge is -2.46. The van der Waals surface area contributed by atoms with Crippen LogP contribution >= 0.6 is 11.6 Å². The third kappa shape index (κ3) is 3.84. The van der Waals surface area contributed by atoms with Crippen LogP contribution in [-0.2, 0) is 4.43 Å². The molecule has 0 bridgehead atoms. The molecule has 1 aliphatic rings. The van der Waals surface area contributed by atoms with E-state index in [2.05, 4.69) is 58.7 Å². The minimum atomic E-state index is -1.11. The highest BCUT2D eigenvalue weighted by Gasteiger charge is 2.47. The van der Waals surface area contributed by atoms with Crippen LogP contribution in [0.15, 0.2) is 37.0 Å². The molecule has 0 spiro atoms. The smallest absolute Gasteiger partial charge is 0.171 e. The van der Waals surface area contributed by atoms with E-state index in [-0.39, 0.29) is 17.4 Å². The molecule has 1 nitrogen and oxygen atoms in total. The molecule has 0 saturated heterocycles. The van der Waals surface area contributed by atoms with Crippen molar-refractivity contribution in [2.24, 2.45) is 11.3 Å². The monoisotopic (exact) mass is 298 g/mol. The summed E-state index contributed by atoms with van der Waals surface area (Å²) < 4.78 is 6.22. The van der Waals surface area contributed by atoms with Gasteiger partial charge < -0.3 is 4.43 Å². The number of rotatable bonds is 5. The fraction of sp³-hybridized carbons (Fsp3) is 0.625. The van der Waals surface area contributed by atoms with Crippen LogP contribution in [0.1, 0.15) is 27.2 Å². The Bertz CT molecular complexity index is 367. The largest absolute Gasteiger partial charge is 0.417 e. The maximum atomic E-state index is 6.99. The molecule has 108 valence electrons. The maximum Gasteiger partial charge on any atom is 0.171 e. The number of allylic oxidation sites excluding steroid dienone is 3. The van der Waals surface area contributed by atoms with Crippen molar-refractivity contribution in [3.05, 3.63) is 37.0 Å². The standard InChI is InChI=1S/C16H27ClOSi/c1-7-10-14(18-19(5)6)13-11-8-9-12-16(13,17)15(2,3)4/h7-9,11-14,19H,1,10H2,2-6H3. The summed E-state index contributed by atoms with van der Waals surface area (Å²) in [6.07, 6.45) is 11.4. The predicted octanol–water partition coefficient (Wildman–Crippen LogP) is 4.70. The van der Waals surface area contributed by atoms with Crippen LogP contribution in [0.25, 0.3) is 0 Å². The van der Waals surface area contributed by atoms with Crippen LogP contribution in [0, 0.1) is 11.3 Å². The molecular weight excluding hydrogens is 272 g/mol. The van der Waals surface area contributed by atoms with Gasteiger partial charge in [0, 0.05) is 5.92 Å². The summed E-state index contributed by atoms with van der Waals surface area (Å²) in [6, 6.07) is 0. The number of alkyl halides is 1. The van der Waals surface area contributed by atoms with Gasteiger partial charge >= 0.3 is 0 Å². The minimum Gasteiger partial charge on any atom is -0.417 e. The van der Waals surface area contributed by atoms with Gasteiger partial charge in [0.1, 0.15) is 0 Å². The van der Waals surface area contributed by atoms with Crippen LogP contribution in [0.5, 0.6) is 0 Å². The van der Waals surface area contributed by atoms with Gasteiger partial charge in [-0.15, -0.1) is 18.2 Å². The van der Waals surface area contributed by atoms with Crippen molar-refractivity contribution in [3.63, 3.8) is 0 Å². The second-order valence-electron chi connectivity index (χ2n) is 6.54. The molecule has 0 aromatic rings. The quantitative estimate of drug-likeness (QED) is 0.406. The molecule has 0 saturated carbocycles. The molecule has 0 radical (unpaired) electrons. The molecule has 0 N–H and O–H groups in total. The molecule has 0 fully saturated rings. The molecule has 3 atom stereocenters. The number of hydrogen-bond donors (Lipinski definition) is 0. The van der Waals surface area contributed by atoms with Gasteiger partial charge in [0.25, 0.3) is 0 Å². The van der Waals surface area contributed by atoms with Crippen LogP contribution in [0.3, 0.4) is 0 Å². The molecule has 3 unspecified atom stereocenters. The third-order valence-corrected chi connectivity index (χ3v) is 5.49. The van der Waals surface area contributed by atoms with Crippen molar-refractivity contribution in [1.29, 1.82) is 0 Å². The lowest BCUT2D eigenvalue weighted by Crippen LogP contribution is -2.49. The Hall–Kier alpha value is -0.313. The van der Waals surface area contributed by atoms with E-state index in [1.165, 1.54) is 0 Å². The van der Waals surface area contributed by atoms with Gasteiger partial charge in [-0.25, -0.2) is 0 Å². The molecule has 0 aliphatic heterocycles. The average molecular weight is 299 g/mol. The second kappa shape index (κ2) is 6.42. The van der Waals surface area contributed by atoms with E-state index in [0.29, 0.717) is 0 Å². The summed E-state index contributed by atoms with van der Waals surface area (Å²) in [4.78, 5) is -0.404. The highest BCUT2D eigenvalue weighted by atomic mass is 35.5. The summed E-state index contributed by atoms with van der Waals surface area (Å²) in [5.74, 6) is 0.187. The van der Waals surface area contributed by atoms with Crippen LogP contribution in [0.2, 0.25) is 13.1 Å². The van der Waals surface area contributed by atoms with Crippen LogP contribution < -0.4 is 0 Å². The van der Waals surface area contributed by atoms with Gasteiger partial charge in [-0.3, -0.25) is 0 Å². The third-order valence-electron chi connectivity index (χ3n) is 3.65. The first-order valence-electron chi connectivity index (χ1n) is 7.03. The molecule has 0 heterocycles. The van der Waals surface area contributed by atoms with E-state index >= 15 is 0 Å². The highest BCUT2D eigenvalue weighted by Crippen LogP contribution is 2.48. The van der Waals surface area contributed by atoms with Gasteiger partial charge in [-0.2, -0.15) is 0 Å². The van der Waals surface area contributed by atoms with E-state index in [1.807, 2.05) is 12.2 Å². The molecule has 1 aliphatic carbocycles. The van der Waals surface area contributed by atoms with E-state index in [9.17, 15) is 0 Å². The van der Waals surface area contributed by atoms with Crippen molar-refractivity contribution in [3.8, 4) is 0 Å². The molecule has 0 amide bonds. The summed E-state index contributed by atoms with van der Waals surface area (Å²) in [5.41, 5.74) is -0.0260. The SMILES string of the molecule is C=CCC(O[SiH](C)C)C1C=CC=CC1(Cl)C(C)(C)C. The first-order chi connectivity index (χ1) is 8.72. The number of halogens is 1. The van der Waals surface area contributed by atoms with Gasteiger partial charge in [0.2, 0.25) is 0 Å². The van der Waals surface area contributed by atoms with Crippen molar-refractivity contribution in [2.75, 3.05) is 0 Å². The Labute approximate surface area is 125 Å². The van der Waals surface area contributed by atoms with E-state index in [4.69, 9.17) is 16.0 Å². The van der Waals surface area contributed by atoms with E-state index < -0.39 is 13.9 Å². The molecule has 0 aromatic carbocycles. The zero-order valence-electron chi connectivity index (χ0n) is 12.8. The van der Waals surface area contributed by atoms with Crippen molar-refractivity contribution < 1.29 is 4.43 Å². The average Bonchev–Trinajstić information content (AvgIpc) is 2.27. The Balaban J connectivity index is 3.08. The number of hydrogen-bond acceptors (Lipinski definition) is 1. The molecular formula is C16H27ClOSi.